The highest BCUT2D eigenvalue weighted by atomic mass is 16.5. The van der Waals surface area contributed by atoms with Gasteiger partial charge >= 0.3 is 5.97 Å². The first-order chi connectivity index (χ1) is 9.19. The summed E-state index contributed by atoms with van der Waals surface area (Å²) in [6, 6.07) is 0. The molecule has 0 radical (unpaired) electrons. The van der Waals surface area contributed by atoms with E-state index in [1.54, 1.807) is 0 Å². The van der Waals surface area contributed by atoms with Gasteiger partial charge in [-0.25, -0.2) is 0 Å². The van der Waals surface area contributed by atoms with E-state index in [4.69, 9.17) is 4.74 Å². The molecule has 3 nitrogen and oxygen atoms in total. The summed E-state index contributed by atoms with van der Waals surface area (Å²) < 4.78 is 5.59. The fraction of sp³-hybridized carbons (Fsp3) is 0.765. The molecule has 4 aliphatic carbocycles. The topological polar surface area (TPSA) is 43.4 Å². The average Bonchev–Trinajstić information content (AvgIpc) is 2.42. The van der Waals surface area contributed by atoms with E-state index in [1.165, 1.54) is 12.5 Å². The summed E-state index contributed by atoms with van der Waals surface area (Å²) in [5.41, 5.74) is 1.16. The number of ketones is 1. The molecule has 20 heavy (non-hydrogen) atoms. The van der Waals surface area contributed by atoms with Gasteiger partial charge in [-0.15, -0.1) is 0 Å². The van der Waals surface area contributed by atoms with Crippen molar-refractivity contribution in [1.29, 1.82) is 0 Å². The Morgan fingerprint density at radius 2 is 1.95 bits per heavy atom. The van der Waals surface area contributed by atoms with Crippen molar-refractivity contribution in [3.8, 4) is 0 Å². The van der Waals surface area contributed by atoms with Crippen LogP contribution in [0.3, 0.4) is 0 Å². The Balaban J connectivity index is 2.03. The average molecular weight is 276 g/mol. The molecule has 0 saturated heterocycles. The monoisotopic (exact) mass is 276 g/mol. The summed E-state index contributed by atoms with van der Waals surface area (Å²) >= 11 is 0. The van der Waals surface area contributed by atoms with Gasteiger partial charge in [0.05, 0.1) is 0 Å². The Bertz CT molecular complexity index is 516. The molecule has 4 bridgehead atoms. The zero-order valence-electron chi connectivity index (χ0n) is 13.0. The van der Waals surface area contributed by atoms with E-state index in [2.05, 4.69) is 27.7 Å². The second-order valence-corrected chi connectivity index (χ2v) is 7.74. The third-order valence-electron chi connectivity index (χ3n) is 6.25. The number of ether oxygens (including phenoxy) is 1. The van der Waals surface area contributed by atoms with Crippen LogP contribution in [0.25, 0.3) is 0 Å². The largest absolute Gasteiger partial charge is 0.462 e. The number of hydrogen-bond donors (Lipinski definition) is 0. The summed E-state index contributed by atoms with van der Waals surface area (Å²) in [4.78, 5) is 23.8. The molecule has 3 saturated carbocycles. The summed E-state index contributed by atoms with van der Waals surface area (Å²) in [6.45, 7) is 10.2. The Labute approximate surface area is 120 Å². The summed E-state index contributed by atoms with van der Waals surface area (Å²) in [6.07, 6.45) is 3.61. The quantitative estimate of drug-likeness (QED) is 0.691. The molecule has 0 spiro atoms. The van der Waals surface area contributed by atoms with Crippen LogP contribution in [-0.4, -0.2) is 17.9 Å². The van der Waals surface area contributed by atoms with Crippen molar-refractivity contribution in [2.24, 2.45) is 28.6 Å². The minimum absolute atomic E-state index is 0.0713. The molecular formula is C17H24O3. The van der Waals surface area contributed by atoms with Gasteiger partial charge < -0.3 is 4.74 Å². The second kappa shape index (κ2) is 3.96. The zero-order chi connectivity index (χ0) is 14.9. The van der Waals surface area contributed by atoms with Crippen LogP contribution in [0.5, 0.6) is 0 Å². The predicted octanol–water partition coefficient (Wildman–Crippen LogP) is 3.14. The van der Waals surface area contributed by atoms with E-state index in [1.807, 2.05) is 6.08 Å². The van der Waals surface area contributed by atoms with Gasteiger partial charge in [0.15, 0.2) is 5.78 Å². The molecule has 3 fully saturated rings. The lowest BCUT2D eigenvalue weighted by molar-refractivity contribution is -0.178. The second-order valence-electron chi connectivity index (χ2n) is 7.74. The standard InChI is InChI=1S/C17H24O3/c1-9-8-11(19)14-15-13(9)17(14,5)7-6-12(16(15,3)4)20-10(2)18/h8,12-15H,6-7H2,1-5H3/t12-,13?,14?,15?,17+/m0/s1. The number of hydrogen-bond acceptors (Lipinski definition) is 3. The van der Waals surface area contributed by atoms with Crippen LogP contribution in [0, 0.1) is 28.6 Å². The first-order valence-electron chi connectivity index (χ1n) is 7.59. The van der Waals surface area contributed by atoms with Crippen LogP contribution in [0.15, 0.2) is 11.6 Å². The first kappa shape index (κ1) is 13.8. The molecule has 0 N–H and O–H groups in total. The fourth-order valence-corrected chi connectivity index (χ4v) is 5.41. The molecular weight excluding hydrogens is 252 g/mol. The summed E-state index contributed by atoms with van der Waals surface area (Å²) in [5, 5.41) is 0. The van der Waals surface area contributed by atoms with Crippen molar-refractivity contribution in [2.75, 3.05) is 0 Å². The molecule has 4 rings (SSSR count). The van der Waals surface area contributed by atoms with Crippen LogP contribution >= 0.6 is 0 Å². The lowest BCUT2D eigenvalue weighted by Gasteiger charge is -2.65. The van der Waals surface area contributed by atoms with Crippen LogP contribution in [0.1, 0.15) is 47.5 Å². The highest BCUT2D eigenvalue weighted by Gasteiger charge is 2.70. The van der Waals surface area contributed by atoms with Gasteiger partial charge in [0.1, 0.15) is 6.10 Å². The van der Waals surface area contributed by atoms with Gasteiger partial charge in [-0.05, 0) is 43.1 Å². The van der Waals surface area contributed by atoms with Gasteiger partial charge in [0.2, 0.25) is 0 Å². The summed E-state index contributed by atoms with van der Waals surface area (Å²) in [5.74, 6) is 0.981. The predicted molar refractivity (Wildman–Crippen MR) is 75.9 cm³/mol. The van der Waals surface area contributed by atoms with Crippen molar-refractivity contribution in [3.63, 3.8) is 0 Å². The van der Waals surface area contributed by atoms with Gasteiger partial charge in [-0.3, -0.25) is 9.59 Å². The van der Waals surface area contributed by atoms with Crippen molar-refractivity contribution < 1.29 is 14.3 Å². The first-order valence-corrected chi connectivity index (χ1v) is 7.59. The Morgan fingerprint density at radius 1 is 1.30 bits per heavy atom. The molecule has 0 aliphatic heterocycles. The van der Waals surface area contributed by atoms with Crippen molar-refractivity contribution >= 4 is 11.8 Å². The zero-order valence-corrected chi connectivity index (χ0v) is 13.0. The molecule has 110 valence electrons. The molecule has 3 heteroatoms. The highest BCUT2D eigenvalue weighted by molar-refractivity contribution is 5.96. The number of esters is 1. The molecule has 0 aromatic rings. The number of rotatable bonds is 1. The number of carbonyl (C=O) groups is 2. The number of carbonyl (C=O) groups excluding carboxylic acids is 2. The fourth-order valence-electron chi connectivity index (χ4n) is 5.41. The molecule has 4 aliphatic rings. The Morgan fingerprint density at radius 3 is 2.50 bits per heavy atom. The van der Waals surface area contributed by atoms with Gasteiger partial charge in [0.25, 0.3) is 0 Å². The van der Waals surface area contributed by atoms with Crippen LogP contribution < -0.4 is 0 Å². The molecule has 0 aromatic heterocycles. The third kappa shape index (κ3) is 1.52. The molecule has 5 atom stereocenters. The number of allylic oxidation sites excluding steroid dienone is 2. The Hall–Kier alpha value is -1.12. The lowest BCUT2D eigenvalue weighted by atomic mass is 9.38. The normalized spacial score (nSPS) is 45.0. The Kier molecular flexibility index (Phi) is 2.74. The van der Waals surface area contributed by atoms with Gasteiger partial charge in [-0.2, -0.15) is 0 Å². The minimum Gasteiger partial charge on any atom is -0.462 e. The van der Waals surface area contributed by atoms with Gasteiger partial charge in [0, 0.05) is 18.3 Å². The third-order valence-corrected chi connectivity index (χ3v) is 6.25. The lowest BCUT2D eigenvalue weighted by Crippen LogP contribution is -2.64. The highest BCUT2D eigenvalue weighted by Crippen LogP contribution is 2.71. The van der Waals surface area contributed by atoms with Crippen molar-refractivity contribution in [1.82, 2.24) is 0 Å². The van der Waals surface area contributed by atoms with E-state index in [9.17, 15) is 9.59 Å². The van der Waals surface area contributed by atoms with Crippen LogP contribution in [-0.2, 0) is 14.3 Å². The van der Waals surface area contributed by atoms with Crippen LogP contribution in [0.2, 0.25) is 0 Å². The maximum absolute atomic E-state index is 12.4. The SMILES string of the molecule is CC(=O)O[C@H]1CC[C@@]2(C)C3C(=O)C=C(C)C2C3C1(C)C. The van der Waals surface area contributed by atoms with E-state index in [0.29, 0.717) is 11.8 Å². The number of fused-ring (bicyclic) bond motifs is 3. The van der Waals surface area contributed by atoms with E-state index in [0.717, 1.165) is 12.8 Å². The van der Waals surface area contributed by atoms with E-state index in [-0.39, 0.29) is 34.6 Å². The minimum atomic E-state index is -0.212. The van der Waals surface area contributed by atoms with Crippen molar-refractivity contribution in [2.45, 2.75) is 53.6 Å². The molecule has 0 amide bonds. The summed E-state index contributed by atoms with van der Waals surface area (Å²) in [7, 11) is 0. The maximum Gasteiger partial charge on any atom is 0.302 e. The smallest absolute Gasteiger partial charge is 0.302 e. The maximum atomic E-state index is 12.4. The van der Waals surface area contributed by atoms with Crippen LogP contribution in [0.4, 0.5) is 0 Å². The molecule has 0 aromatic carbocycles. The van der Waals surface area contributed by atoms with Gasteiger partial charge in [-0.1, -0.05) is 26.3 Å². The molecule has 3 unspecified atom stereocenters. The van der Waals surface area contributed by atoms with E-state index < -0.39 is 0 Å². The van der Waals surface area contributed by atoms with E-state index >= 15 is 0 Å². The molecule has 0 heterocycles. The van der Waals surface area contributed by atoms with Crippen molar-refractivity contribution in [3.05, 3.63) is 11.6 Å².